The van der Waals surface area contributed by atoms with Crippen LogP contribution in [0.5, 0.6) is 0 Å². The van der Waals surface area contributed by atoms with Crippen LogP contribution in [0.1, 0.15) is 40.1 Å². The molecule has 0 aliphatic rings. The molecule has 9 nitrogen and oxygen atoms in total. The van der Waals surface area contributed by atoms with Gasteiger partial charge < -0.3 is 11.1 Å². The Hall–Kier alpha value is -5.01. The molecule has 0 spiro atoms. The summed E-state index contributed by atoms with van der Waals surface area (Å²) in [5, 5.41) is 14.4. The number of thiophene rings is 1. The SMILES string of the molecule is C[C@H](NC(=O)c1c(N)nn2cccnc12)c1nc2scc(C#Cc3cnn(C)c3)c2cc1-c1ccccc1. The molecular weight excluding hydrogens is 496 g/mol. The number of carbonyl (C=O) groups is 1. The van der Waals surface area contributed by atoms with Crippen molar-refractivity contribution in [3.63, 3.8) is 0 Å². The Balaban J connectivity index is 1.40. The normalized spacial score (nSPS) is 11.8. The first kappa shape index (κ1) is 23.4. The highest BCUT2D eigenvalue weighted by Gasteiger charge is 2.24. The lowest BCUT2D eigenvalue weighted by atomic mass is 9.98. The van der Waals surface area contributed by atoms with Crippen molar-refractivity contribution in [3.05, 3.63) is 95.0 Å². The van der Waals surface area contributed by atoms with E-state index in [0.717, 1.165) is 38.2 Å². The number of nitrogens with two attached hydrogens (primary N) is 1. The van der Waals surface area contributed by atoms with Crippen molar-refractivity contribution in [2.24, 2.45) is 7.05 Å². The number of hydrogen-bond acceptors (Lipinski definition) is 7. The molecule has 0 aliphatic heterocycles. The van der Waals surface area contributed by atoms with Crippen LogP contribution in [-0.4, -0.2) is 35.3 Å². The molecule has 0 saturated carbocycles. The maximum atomic E-state index is 13.3. The Morgan fingerprint density at radius 3 is 2.82 bits per heavy atom. The summed E-state index contributed by atoms with van der Waals surface area (Å²) in [6, 6.07) is 13.4. The van der Waals surface area contributed by atoms with Gasteiger partial charge >= 0.3 is 0 Å². The molecule has 6 aromatic rings. The molecule has 1 aromatic carbocycles. The van der Waals surface area contributed by atoms with Gasteiger partial charge in [-0.2, -0.15) is 5.10 Å². The van der Waals surface area contributed by atoms with Gasteiger partial charge in [-0.25, -0.2) is 14.5 Å². The highest BCUT2D eigenvalue weighted by Crippen LogP contribution is 2.34. The average Bonchev–Trinajstić information content (AvgIpc) is 3.62. The molecule has 0 fully saturated rings. The molecule has 5 aromatic heterocycles. The second kappa shape index (κ2) is 9.46. The third kappa shape index (κ3) is 4.25. The first-order chi connectivity index (χ1) is 18.5. The summed E-state index contributed by atoms with van der Waals surface area (Å²) in [6.07, 6.45) is 6.92. The van der Waals surface area contributed by atoms with Crippen LogP contribution in [0.15, 0.2) is 72.6 Å². The maximum Gasteiger partial charge on any atom is 0.259 e. The number of carbonyl (C=O) groups excluding carboxylic acids is 1. The van der Waals surface area contributed by atoms with Gasteiger partial charge in [0.1, 0.15) is 10.4 Å². The van der Waals surface area contributed by atoms with Crippen LogP contribution >= 0.6 is 11.3 Å². The van der Waals surface area contributed by atoms with E-state index in [1.54, 1.807) is 29.3 Å². The van der Waals surface area contributed by atoms with Gasteiger partial charge in [0.15, 0.2) is 11.5 Å². The number of fused-ring (bicyclic) bond motifs is 2. The number of pyridine rings is 1. The van der Waals surface area contributed by atoms with E-state index in [-0.39, 0.29) is 17.3 Å². The van der Waals surface area contributed by atoms with Crippen molar-refractivity contribution in [2.45, 2.75) is 13.0 Å². The van der Waals surface area contributed by atoms with Gasteiger partial charge in [-0.15, -0.1) is 16.4 Å². The van der Waals surface area contributed by atoms with Gasteiger partial charge in [0.05, 0.1) is 23.5 Å². The van der Waals surface area contributed by atoms with Gasteiger partial charge in [0.2, 0.25) is 0 Å². The summed E-state index contributed by atoms with van der Waals surface area (Å²) < 4.78 is 3.22. The number of benzene rings is 1. The minimum absolute atomic E-state index is 0.121. The number of nitrogen functional groups attached to an aromatic ring is 1. The highest BCUT2D eigenvalue weighted by atomic mass is 32.1. The first-order valence-corrected chi connectivity index (χ1v) is 12.7. The number of aryl methyl sites for hydroxylation is 1. The zero-order valence-corrected chi connectivity index (χ0v) is 21.4. The maximum absolute atomic E-state index is 13.3. The first-order valence-electron chi connectivity index (χ1n) is 11.9. The van der Waals surface area contributed by atoms with Gasteiger partial charge in [0, 0.05) is 47.5 Å². The van der Waals surface area contributed by atoms with Crippen molar-refractivity contribution >= 4 is 38.9 Å². The average molecular weight is 519 g/mol. The Bertz CT molecular complexity index is 1870. The largest absolute Gasteiger partial charge is 0.381 e. The van der Waals surface area contributed by atoms with E-state index in [1.165, 1.54) is 15.9 Å². The predicted molar refractivity (Wildman–Crippen MR) is 148 cm³/mol. The highest BCUT2D eigenvalue weighted by molar-refractivity contribution is 7.17. The summed E-state index contributed by atoms with van der Waals surface area (Å²) in [6.45, 7) is 1.91. The third-order valence-electron chi connectivity index (χ3n) is 6.13. The molecule has 0 radical (unpaired) electrons. The van der Waals surface area contributed by atoms with Gasteiger partial charge in [-0.05, 0) is 24.6 Å². The second-order valence-corrected chi connectivity index (χ2v) is 9.64. The number of nitrogens with zero attached hydrogens (tertiary/aromatic N) is 6. The molecule has 0 unspecified atom stereocenters. The number of anilines is 1. The topological polar surface area (TPSA) is 116 Å². The van der Waals surface area contributed by atoms with Crippen molar-refractivity contribution in [1.29, 1.82) is 0 Å². The van der Waals surface area contributed by atoms with Gasteiger partial charge in [-0.3, -0.25) is 9.48 Å². The Labute approximate surface area is 222 Å². The third-order valence-corrected chi connectivity index (χ3v) is 7.02. The lowest BCUT2D eigenvalue weighted by molar-refractivity contribution is 0.0941. The molecule has 10 heteroatoms. The van der Waals surface area contributed by atoms with E-state index in [2.05, 4.69) is 38.4 Å². The van der Waals surface area contributed by atoms with Crippen molar-refractivity contribution in [2.75, 3.05) is 5.73 Å². The Kier molecular flexibility index (Phi) is 5.82. The zero-order chi connectivity index (χ0) is 26.2. The van der Waals surface area contributed by atoms with Crippen LogP contribution in [0.3, 0.4) is 0 Å². The standard InChI is InChI=1S/C28H22N8OS/c1-17(32-27(37)23-25(29)34-36-12-6-11-30-26(23)36)24-21(19-7-4-3-5-8-19)13-22-20(16-38-28(22)33-24)10-9-18-14-31-35(2)15-18/h3-8,11-17H,1-2H3,(H2,29,34)(H,32,37)/t17-/m0/s1. The van der Waals surface area contributed by atoms with E-state index < -0.39 is 6.04 Å². The second-order valence-electron chi connectivity index (χ2n) is 8.79. The molecular formula is C28H22N8OS. The smallest absolute Gasteiger partial charge is 0.259 e. The van der Waals surface area contributed by atoms with E-state index in [0.29, 0.717) is 5.65 Å². The van der Waals surface area contributed by atoms with Crippen LogP contribution in [0.25, 0.3) is 27.0 Å². The minimum Gasteiger partial charge on any atom is -0.381 e. The van der Waals surface area contributed by atoms with E-state index in [4.69, 9.17) is 10.7 Å². The fraction of sp³-hybridized carbons (Fsp3) is 0.107. The lowest BCUT2D eigenvalue weighted by Gasteiger charge is -2.18. The quantitative estimate of drug-likeness (QED) is 0.338. The van der Waals surface area contributed by atoms with Crippen LogP contribution in [0.2, 0.25) is 0 Å². The van der Waals surface area contributed by atoms with Crippen molar-refractivity contribution in [3.8, 4) is 23.0 Å². The van der Waals surface area contributed by atoms with Gasteiger partial charge in [-0.1, -0.05) is 42.2 Å². The monoisotopic (exact) mass is 518 g/mol. The van der Waals surface area contributed by atoms with Crippen LogP contribution in [0, 0.1) is 11.8 Å². The molecule has 1 amide bonds. The molecule has 0 bridgehead atoms. The fourth-order valence-electron chi connectivity index (χ4n) is 4.33. The fourth-order valence-corrected chi connectivity index (χ4v) is 5.19. The van der Waals surface area contributed by atoms with E-state index >= 15 is 0 Å². The van der Waals surface area contributed by atoms with Crippen LogP contribution in [0.4, 0.5) is 5.82 Å². The van der Waals surface area contributed by atoms with E-state index in [1.807, 2.05) is 55.9 Å². The summed E-state index contributed by atoms with van der Waals surface area (Å²) >= 11 is 1.52. The number of aromatic nitrogens is 6. The molecule has 38 heavy (non-hydrogen) atoms. The molecule has 0 aliphatic carbocycles. The minimum atomic E-state index is -0.424. The molecule has 6 rings (SSSR count). The van der Waals surface area contributed by atoms with Crippen molar-refractivity contribution < 1.29 is 4.79 Å². The van der Waals surface area contributed by atoms with Crippen molar-refractivity contribution in [1.82, 2.24) is 34.7 Å². The summed E-state index contributed by atoms with van der Waals surface area (Å²) in [5.41, 5.74) is 11.1. The summed E-state index contributed by atoms with van der Waals surface area (Å²) in [4.78, 5) is 23.5. The summed E-state index contributed by atoms with van der Waals surface area (Å²) in [7, 11) is 1.86. The molecule has 1 atom stereocenters. The molecule has 0 saturated heterocycles. The zero-order valence-electron chi connectivity index (χ0n) is 20.6. The number of rotatable bonds is 4. The molecule has 5 heterocycles. The molecule has 3 N–H and O–H groups in total. The number of amides is 1. The summed E-state index contributed by atoms with van der Waals surface area (Å²) in [5.74, 6) is 6.21. The van der Waals surface area contributed by atoms with E-state index in [9.17, 15) is 4.79 Å². The van der Waals surface area contributed by atoms with Crippen LogP contribution in [-0.2, 0) is 7.05 Å². The van der Waals surface area contributed by atoms with Crippen LogP contribution < -0.4 is 11.1 Å². The number of hydrogen-bond donors (Lipinski definition) is 2. The number of nitrogens with one attached hydrogen (secondary N) is 1. The van der Waals surface area contributed by atoms with Gasteiger partial charge in [0.25, 0.3) is 5.91 Å². The molecule has 186 valence electrons. The lowest BCUT2D eigenvalue weighted by Crippen LogP contribution is -2.28. The Morgan fingerprint density at radius 2 is 2.03 bits per heavy atom. The predicted octanol–water partition coefficient (Wildman–Crippen LogP) is 4.21. The Morgan fingerprint density at radius 1 is 1.18 bits per heavy atom.